The van der Waals surface area contributed by atoms with Crippen LogP contribution in [0.25, 0.3) is 0 Å². The van der Waals surface area contributed by atoms with E-state index in [0.717, 1.165) is 13.8 Å². The van der Waals surface area contributed by atoms with Gasteiger partial charge in [0.05, 0.1) is 12.1 Å². The van der Waals surface area contributed by atoms with E-state index in [1.165, 1.54) is 20.8 Å². The van der Waals surface area contributed by atoms with Crippen molar-refractivity contribution in [1.82, 2.24) is 4.90 Å². The number of carbonyl (C=O) groups excluding carboxylic acids is 5. The second-order valence-electron chi connectivity index (χ2n) is 7.98. The molecule has 3 rings (SSSR count). The van der Waals surface area contributed by atoms with Crippen molar-refractivity contribution in [2.45, 2.75) is 83.5 Å². The number of hydrogen-bond donors (Lipinski definition) is 0. The summed E-state index contributed by atoms with van der Waals surface area (Å²) in [6.07, 6.45) is -2.61. The zero-order chi connectivity index (χ0) is 24.4. The fraction of sp³-hybridized carbons (Fsp3) is 0.667. The number of nitrogens with zero attached hydrogens (tertiary/aromatic N) is 1. The summed E-state index contributed by atoms with van der Waals surface area (Å²) in [5.74, 6) is -3.13. The topological polar surface area (TPSA) is 144 Å². The Balaban J connectivity index is 1.94. The molecule has 0 N–H and O–H groups in total. The van der Waals surface area contributed by atoms with E-state index >= 15 is 0 Å². The molecule has 33 heavy (non-hydrogen) atoms. The van der Waals surface area contributed by atoms with Crippen LogP contribution < -0.4 is 0 Å². The van der Waals surface area contributed by atoms with Crippen LogP contribution in [0, 0.1) is 0 Å². The van der Waals surface area contributed by atoms with Gasteiger partial charge in [-0.3, -0.25) is 28.9 Å². The molecule has 0 spiro atoms. The monoisotopic (exact) mass is 469 g/mol. The molecule has 2 aliphatic heterocycles. The minimum Gasteiger partial charge on any atom is -0.463 e. The highest BCUT2D eigenvalue weighted by atomic mass is 16.7. The summed E-state index contributed by atoms with van der Waals surface area (Å²) in [6, 6.07) is -0.468. The molecule has 9 atom stereocenters. The van der Waals surface area contributed by atoms with Gasteiger partial charge < -0.3 is 28.4 Å². The van der Waals surface area contributed by atoms with Gasteiger partial charge >= 0.3 is 29.8 Å². The second-order valence-corrected chi connectivity index (χ2v) is 7.98. The van der Waals surface area contributed by atoms with Crippen molar-refractivity contribution in [3.63, 3.8) is 0 Å². The highest BCUT2D eigenvalue weighted by molar-refractivity contribution is 5.69. The van der Waals surface area contributed by atoms with Crippen LogP contribution in [0.1, 0.15) is 34.6 Å². The summed E-state index contributed by atoms with van der Waals surface area (Å²) in [6.45, 7) is 5.69. The number of carbonyl (C=O) groups is 5. The second kappa shape index (κ2) is 9.87. The predicted molar refractivity (Wildman–Crippen MR) is 106 cm³/mol. The zero-order valence-corrected chi connectivity index (χ0v) is 18.9. The van der Waals surface area contributed by atoms with Crippen LogP contribution in [0.5, 0.6) is 0 Å². The van der Waals surface area contributed by atoms with Gasteiger partial charge in [0.2, 0.25) is 0 Å². The van der Waals surface area contributed by atoms with Gasteiger partial charge in [-0.05, 0) is 6.08 Å². The first-order valence-corrected chi connectivity index (χ1v) is 10.4. The molecule has 1 unspecified atom stereocenters. The van der Waals surface area contributed by atoms with Gasteiger partial charge in [0.25, 0.3) is 0 Å². The van der Waals surface area contributed by atoms with Crippen LogP contribution in [0.2, 0.25) is 0 Å². The maximum atomic E-state index is 11.9. The molecule has 182 valence electrons. The average molecular weight is 469 g/mol. The Bertz CT molecular complexity index is 855. The van der Waals surface area contributed by atoms with E-state index in [-0.39, 0.29) is 18.7 Å². The summed E-state index contributed by atoms with van der Waals surface area (Å²) in [5, 5.41) is 0. The van der Waals surface area contributed by atoms with Gasteiger partial charge in [0.15, 0.2) is 24.5 Å². The lowest BCUT2D eigenvalue weighted by molar-refractivity contribution is -0.270. The Morgan fingerprint density at radius 2 is 1.27 bits per heavy atom. The van der Waals surface area contributed by atoms with E-state index in [9.17, 15) is 24.0 Å². The first-order chi connectivity index (χ1) is 15.5. The molecule has 0 saturated carbocycles. The van der Waals surface area contributed by atoms with E-state index in [1.54, 1.807) is 11.0 Å². The molecule has 1 aliphatic carbocycles. The fourth-order valence-electron chi connectivity index (χ4n) is 4.29. The SMILES string of the molecule is CC(=O)OC[C@H]1O[C@H](N2[C@@H]3[C@H]2C=C[C@H]3OC(C)=O)[C@H](OC(C)=O)[C@@H](OC(C)=O)[C@@H]1OC(C)=O. The lowest BCUT2D eigenvalue weighted by Gasteiger charge is -2.45. The molecule has 2 saturated heterocycles. The molecule has 0 amide bonds. The van der Waals surface area contributed by atoms with Crippen molar-refractivity contribution in [3.8, 4) is 0 Å². The van der Waals surface area contributed by atoms with Crippen molar-refractivity contribution in [2.24, 2.45) is 0 Å². The summed E-state index contributed by atoms with van der Waals surface area (Å²) in [7, 11) is 0. The van der Waals surface area contributed by atoms with Crippen LogP contribution in [0.15, 0.2) is 12.2 Å². The molecular weight excluding hydrogens is 442 g/mol. The highest BCUT2D eigenvalue weighted by Gasteiger charge is 2.64. The molecule has 0 aromatic heterocycles. The molecule has 0 radical (unpaired) electrons. The van der Waals surface area contributed by atoms with Crippen LogP contribution in [-0.4, -0.2) is 90.2 Å². The maximum Gasteiger partial charge on any atom is 0.303 e. The first-order valence-electron chi connectivity index (χ1n) is 10.4. The first kappa shape index (κ1) is 24.6. The number of ether oxygens (including phenoxy) is 6. The maximum absolute atomic E-state index is 11.9. The largest absolute Gasteiger partial charge is 0.463 e. The Morgan fingerprint density at radius 1 is 0.727 bits per heavy atom. The van der Waals surface area contributed by atoms with Crippen LogP contribution in [-0.2, 0) is 52.4 Å². The number of rotatable bonds is 7. The van der Waals surface area contributed by atoms with Crippen molar-refractivity contribution in [1.29, 1.82) is 0 Å². The van der Waals surface area contributed by atoms with Gasteiger partial charge in [-0.2, -0.15) is 0 Å². The molecule has 2 fully saturated rings. The number of hydrogen-bond acceptors (Lipinski definition) is 12. The molecule has 0 bridgehead atoms. The van der Waals surface area contributed by atoms with Crippen molar-refractivity contribution < 1.29 is 52.4 Å². The van der Waals surface area contributed by atoms with Crippen molar-refractivity contribution in [2.75, 3.05) is 6.61 Å². The van der Waals surface area contributed by atoms with Gasteiger partial charge in [-0.1, -0.05) is 6.08 Å². The fourth-order valence-corrected chi connectivity index (χ4v) is 4.29. The lowest BCUT2D eigenvalue weighted by Crippen LogP contribution is -2.64. The molecular formula is C21H27NO11. The third kappa shape index (κ3) is 5.69. The summed E-state index contributed by atoms with van der Waals surface area (Å²) < 4.78 is 32.8. The van der Waals surface area contributed by atoms with E-state index in [1.807, 2.05) is 6.08 Å². The molecule has 0 aromatic rings. The number of esters is 5. The number of fused-ring (bicyclic) bond motifs is 1. The van der Waals surface area contributed by atoms with Gasteiger partial charge in [0.1, 0.15) is 18.8 Å². The quantitative estimate of drug-likeness (QED) is 0.207. The summed E-state index contributed by atoms with van der Waals surface area (Å²) in [5.41, 5.74) is 0. The molecule has 2 heterocycles. The standard InChI is InChI=1S/C21H27NO11/c1-9(23)28-8-16-18(30-11(3)25)19(31-12(4)26)20(32-13(5)27)21(33-16)22-14-6-7-15(17(14)22)29-10(2)24/h6-7,14-21H,8H2,1-5H3/t14-,15-,16-,17-,18-,19+,20-,21+,22?/m1/s1. The summed E-state index contributed by atoms with van der Waals surface area (Å²) in [4.78, 5) is 60.3. The zero-order valence-electron chi connectivity index (χ0n) is 18.9. The van der Waals surface area contributed by atoms with Gasteiger partial charge in [-0.15, -0.1) is 0 Å². The van der Waals surface area contributed by atoms with Gasteiger partial charge in [-0.25, -0.2) is 0 Å². The molecule has 3 aliphatic rings. The highest BCUT2D eigenvalue weighted by Crippen LogP contribution is 2.45. The normalized spacial score (nSPS) is 36.2. The lowest BCUT2D eigenvalue weighted by atomic mass is 9.97. The summed E-state index contributed by atoms with van der Waals surface area (Å²) >= 11 is 0. The third-order valence-electron chi connectivity index (χ3n) is 5.35. The Hall–Kier alpha value is -2.99. The smallest absolute Gasteiger partial charge is 0.303 e. The van der Waals surface area contributed by atoms with Crippen molar-refractivity contribution in [3.05, 3.63) is 12.2 Å². The van der Waals surface area contributed by atoms with Crippen molar-refractivity contribution >= 4 is 29.8 Å². The van der Waals surface area contributed by atoms with E-state index in [2.05, 4.69) is 0 Å². The van der Waals surface area contributed by atoms with E-state index < -0.39 is 66.6 Å². The Labute approximate surface area is 190 Å². The molecule has 12 heteroatoms. The minimum atomic E-state index is -1.24. The molecule has 0 aromatic carbocycles. The van der Waals surface area contributed by atoms with Crippen LogP contribution >= 0.6 is 0 Å². The predicted octanol–water partition coefficient (Wildman–Crippen LogP) is -0.376. The van der Waals surface area contributed by atoms with Crippen LogP contribution in [0.3, 0.4) is 0 Å². The third-order valence-corrected chi connectivity index (χ3v) is 5.35. The average Bonchev–Trinajstić information content (AvgIpc) is 3.25. The van der Waals surface area contributed by atoms with E-state index in [4.69, 9.17) is 28.4 Å². The molecule has 12 nitrogen and oxygen atoms in total. The Morgan fingerprint density at radius 3 is 1.82 bits per heavy atom. The minimum absolute atomic E-state index is 0.185. The van der Waals surface area contributed by atoms with E-state index in [0.29, 0.717) is 0 Å². The van der Waals surface area contributed by atoms with Gasteiger partial charge in [0, 0.05) is 34.6 Å². The Kier molecular flexibility index (Phi) is 7.38. The van der Waals surface area contributed by atoms with Crippen LogP contribution in [0.4, 0.5) is 0 Å².